The van der Waals surface area contributed by atoms with Gasteiger partial charge in [-0.25, -0.2) is 0 Å². The number of H-pyrrole nitrogens is 1. The summed E-state index contributed by atoms with van der Waals surface area (Å²) in [6, 6.07) is 1.86. The van der Waals surface area contributed by atoms with Crippen LogP contribution in [0.15, 0.2) is 18.5 Å². The number of hydrogen-bond acceptors (Lipinski definition) is 4. The molecule has 0 saturated heterocycles. The van der Waals surface area contributed by atoms with Crippen LogP contribution < -0.4 is 0 Å². The van der Waals surface area contributed by atoms with Gasteiger partial charge in [0.1, 0.15) is 0 Å². The van der Waals surface area contributed by atoms with E-state index in [1.54, 1.807) is 26.2 Å². The molecule has 1 aromatic heterocycles. The first-order chi connectivity index (χ1) is 9.15. The van der Waals surface area contributed by atoms with Gasteiger partial charge >= 0.3 is 11.9 Å². The second-order valence-corrected chi connectivity index (χ2v) is 4.14. The molecule has 19 heavy (non-hydrogen) atoms. The van der Waals surface area contributed by atoms with Gasteiger partial charge in [0, 0.05) is 18.3 Å². The molecule has 0 aromatic carbocycles. The molecule has 1 rings (SSSR count). The molecule has 5 heteroatoms. The second kappa shape index (κ2) is 7.61. The van der Waals surface area contributed by atoms with E-state index in [1.807, 2.05) is 13.0 Å². The van der Waals surface area contributed by atoms with Crippen LogP contribution in [-0.2, 0) is 19.1 Å². The van der Waals surface area contributed by atoms with Crippen LogP contribution in [0.1, 0.15) is 38.7 Å². The first kappa shape index (κ1) is 15.3. The zero-order valence-electron chi connectivity index (χ0n) is 11.6. The van der Waals surface area contributed by atoms with Crippen molar-refractivity contribution in [3.8, 4) is 0 Å². The molecule has 0 amide bonds. The van der Waals surface area contributed by atoms with Gasteiger partial charge in [-0.2, -0.15) is 0 Å². The topological polar surface area (TPSA) is 68.4 Å². The number of aromatic nitrogens is 1. The molecule has 1 atom stereocenters. The Bertz CT molecular complexity index is 382. The van der Waals surface area contributed by atoms with Crippen molar-refractivity contribution in [3.63, 3.8) is 0 Å². The summed E-state index contributed by atoms with van der Waals surface area (Å²) in [5.74, 6) is -2.17. The fourth-order valence-corrected chi connectivity index (χ4v) is 2.12. The number of aromatic amines is 1. The molecule has 0 aliphatic rings. The maximum Gasteiger partial charge on any atom is 0.320 e. The van der Waals surface area contributed by atoms with Crippen molar-refractivity contribution in [3.05, 3.63) is 24.0 Å². The monoisotopic (exact) mass is 267 g/mol. The first-order valence-corrected chi connectivity index (χ1v) is 6.61. The Balaban J connectivity index is 2.99. The van der Waals surface area contributed by atoms with E-state index in [9.17, 15) is 9.59 Å². The number of rotatable bonds is 7. The fraction of sp³-hybridized carbons (Fsp3) is 0.571. The van der Waals surface area contributed by atoms with Gasteiger partial charge in [0.05, 0.1) is 13.2 Å². The van der Waals surface area contributed by atoms with Crippen molar-refractivity contribution in [2.24, 2.45) is 5.92 Å². The van der Waals surface area contributed by atoms with Crippen molar-refractivity contribution < 1.29 is 19.1 Å². The molecule has 5 nitrogen and oxygen atoms in total. The molecule has 0 radical (unpaired) electrons. The third-order valence-corrected chi connectivity index (χ3v) is 2.97. The van der Waals surface area contributed by atoms with Crippen LogP contribution >= 0.6 is 0 Å². The smallest absolute Gasteiger partial charge is 0.320 e. The van der Waals surface area contributed by atoms with Crippen molar-refractivity contribution in [1.29, 1.82) is 0 Å². The lowest BCUT2D eigenvalue weighted by Gasteiger charge is -2.22. The minimum Gasteiger partial charge on any atom is -0.465 e. The van der Waals surface area contributed by atoms with E-state index in [0.29, 0.717) is 6.42 Å². The van der Waals surface area contributed by atoms with Crippen LogP contribution in [0, 0.1) is 5.92 Å². The summed E-state index contributed by atoms with van der Waals surface area (Å²) < 4.78 is 10.0. The summed E-state index contributed by atoms with van der Waals surface area (Å²) >= 11 is 0. The molecule has 0 bridgehead atoms. The Labute approximate surface area is 113 Å². The predicted molar refractivity (Wildman–Crippen MR) is 70.6 cm³/mol. The lowest BCUT2D eigenvalue weighted by atomic mass is 9.85. The van der Waals surface area contributed by atoms with Gasteiger partial charge in [-0.3, -0.25) is 9.59 Å². The SMILES string of the molecule is CCOC(=O)C(C(=O)OCC)C(CC)c1cc[nH]c1. The van der Waals surface area contributed by atoms with E-state index in [1.165, 1.54) is 0 Å². The lowest BCUT2D eigenvalue weighted by Crippen LogP contribution is -2.33. The van der Waals surface area contributed by atoms with Gasteiger partial charge < -0.3 is 14.5 Å². The van der Waals surface area contributed by atoms with Gasteiger partial charge in [0.15, 0.2) is 5.92 Å². The van der Waals surface area contributed by atoms with Crippen molar-refractivity contribution in [1.82, 2.24) is 4.98 Å². The molecule has 106 valence electrons. The Kier molecular flexibility index (Phi) is 6.12. The standard InChI is InChI=1S/C14H21NO4/c1-4-11(10-7-8-15-9-10)12(13(16)18-5-2)14(17)19-6-3/h7-9,11-12,15H,4-6H2,1-3H3. The number of ether oxygens (including phenoxy) is 2. The van der Waals surface area contributed by atoms with Gasteiger partial charge in [-0.05, 0) is 31.9 Å². The first-order valence-electron chi connectivity index (χ1n) is 6.61. The normalized spacial score (nSPS) is 12.2. The summed E-state index contributed by atoms with van der Waals surface area (Å²) in [5.41, 5.74) is 0.911. The van der Waals surface area contributed by atoms with Crippen LogP contribution in [-0.4, -0.2) is 30.1 Å². The number of hydrogen-bond donors (Lipinski definition) is 1. The summed E-state index contributed by atoms with van der Waals surface area (Å²) in [7, 11) is 0. The van der Waals surface area contributed by atoms with Crippen molar-refractivity contribution in [2.75, 3.05) is 13.2 Å². The molecular weight excluding hydrogens is 246 g/mol. The highest BCUT2D eigenvalue weighted by Gasteiger charge is 2.37. The Morgan fingerprint density at radius 3 is 2.11 bits per heavy atom. The van der Waals surface area contributed by atoms with E-state index < -0.39 is 17.9 Å². The highest BCUT2D eigenvalue weighted by molar-refractivity contribution is 5.96. The molecule has 1 heterocycles. The molecule has 0 saturated carbocycles. The van der Waals surface area contributed by atoms with Crippen molar-refractivity contribution in [2.45, 2.75) is 33.1 Å². The van der Waals surface area contributed by atoms with Crippen LogP contribution in [0.4, 0.5) is 0 Å². The van der Waals surface area contributed by atoms with Gasteiger partial charge in [0.25, 0.3) is 0 Å². The average Bonchev–Trinajstić information content (AvgIpc) is 2.89. The largest absolute Gasteiger partial charge is 0.465 e. The molecule has 0 fully saturated rings. The van der Waals surface area contributed by atoms with E-state index in [2.05, 4.69) is 4.98 Å². The van der Waals surface area contributed by atoms with Gasteiger partial charge in [0.2, 0.25) is 0 Å². The highest BCUT2D eigenvalue weighted by atomic mass is 16.6. The van der Waals surface area contributed by atoms with Crippen molar-refractivity contribution >= 4 is 11.9 Å². The third-order valence-electron chi connectivity index (χ3n) is 2.97. The molecule has 1 aromatic rings. The van der Waals surface area contributed by atoms with E-state index >= 15 is 0 Å². The molecule has 1 unspecified atom stereocenters. The van der Waals surface area contributed by atoms with E-state index in [-0.39, 0.29) is 19.1 Å². The Morgan fingerprint density at radius 2 is 1.74 bits per heavy atom. The quantitative estimate of drug-likeness (QED) is 0.607. The van der Waals surface area contributed by atoms with Crippen LogP contribution in [0.3, 0.4) is 0 Å². The van der Waals surface area contributed by atoms with Gasteiger partial charge in [-0.15, -0.1) is 0 Å². The maximum atomic E-state index is 12.0. The van der Waals surface area contributed by atoms with Crippen LogP contribution in [0.25, 0.3) is 0 Å². The zero-order chi connectivity index (χ0) is 14.3. The lowest BCUT2D eigenvalue weighted by molar-refractivity contribution is -0.162. The summed E-state index contributed by atoms with van der Waals surface area (Å²) in [6.07, 6.45) is 4.21. The summed E-state index contributed by atoms with van der Waals surface area (Å²) in [4.78, 5) is 27.0. The highest BCUT2D eigenvalue weighted by Crippen LogP contribution is 2.30. The van der Waals surface area contributed by atoms with Crippen LogP contribution in [0.5, 0.6) is 0 Å². The number of carbonyl (C=O) groups excluding carboxylic acids is 2. The average molecular weight is 267 g/mol. The minimum atomic E-state index is -0.902. The summed E-state index contributed by atoms with van der Waals surface area (Å²) in [6.45, 7) is 5.87. The maximum absolute atomic E-state index is 12.0. The molecule has 0 spiro atoms. The minimum absolute atomic E-state index is 0.232. The molecule has 1 N–H and O–H groups in total. The molecular formula is C14H21NO4. The Hall–Kier alpha value is -1.78. The molecule has 0 aliphatic heterocycles. The third kappa shape index (κ3) is 3.84. The fourth-order valence-electron chi connectivity index (χ4n) is 2.12. The zero-order valence-corrected chi connectivity index (χ0v) is 11.6. The van der Waals surface area contributed by atoms with Crippen LogP contribution in [0.2, 0.25) is 0 Å². The number of esters is 2. The summed E-state index contributed by atoms with van der Waals surface area (Å²) in [5, 5.41) is 0. The van der Waals surface area contributed by atoms with E-state index in [0.717, 1.165) is 5.56 Å². The van der Waals surface area contributed by atoms with E-state index in [4.69, 9.17) is 9.47 Å². The predicted octanol–water partition coefficient (Wildman–Crippen LogP) is 2.25. The number of nitrogens with one attached hydrogen (secondary N) is 1. The second-order valence-electron chi connectivity index (χ2n) is 4.14. The molecule has 0 aliphatic carbocycles. The van der Waals surface area contributed by atoms with Gasteiger partial charge in [-0.1, -0.05) is 6.92 Å². The Morgan fingerprint density at radius 1 is 1.16 bits per heavy atom. The number of carbonyl (C=O) groups is 2.